The molecule has 58 heavy (non-hydrogen) atoms. The molecule has 0 saturated heterocycles. The fraction of sp³-hybridized carbons (Fsp3) is 0.0182. The SMILES string of the molecule is O=P(c1ccccc1)(c1ccccc1)c1ccc(C2(c3cc(-c4cccc5c4[nH]c4ccccc45)ccc3-c3ccccc3)c3ccccc3-c3ccccc32)cc1. The highest BCUT2D eigenvalue weighted by Gasteiger charge is 2.47. The molecule has 0 aliphatic heterocycles. The number of aromatic amines is 1. The van der Waals surface area contributed by atoms with Crippen LogP contribution in [0.2, 0.25) is 0 Å². The molecule has 11 rings (SSSR count). The van der Waals surface area contributed by atoms with E-state index in [-0.39, 0.29) is 0 Å². The van der Waals surface area contributed by atoms with E-state index in [1.54, 1.807) is 0 Å². The predicted molar refractivity (Wildman–Crippen MR) is 243 cm³/mol. The van der Waals surface area contributed by atoms with Crippen molar-refractivity contribution in [1.29, 1.82) is 0 Å². The Morgan fingerprint density at radius 2 is 0.879 bits per heavy atom. The topological polar surface area (TPSA) is 32.9 Å². The van der Waals surface area contributed by atoms with Gasteiger partial charge in [-0.2, -0.15) is 0 Å². The van der Waals surface area contributed by atoms with Crippen LogP contribution < -0.4 is 15.9 Å². The van der Waals surface area contributed by atoms with Gasteiger partial charge in [-0.25, -0.2) is 0 Å². The molecule has 0 radical (unpaired) electrons. The zero-order valence-electron chi connectivity index (χ0n) is 31.7. The number of fused-ring (bicyclic) bond motifs is 6. The van der Waals surface area contributed by atoms with Gasteiger partial charge in [-0.05, 0) is 62.2 Å². The molecule has 274 valence electrons. The number of benzene rings is 9. The van der Waals surface area contributed by atoms with Crippen LogP contribution in [0, 0.1) is 0 Å². The van der Waals surface area contributed by atoms with Gasteiger partial charge in [0.25, 0.3) is 0 Å². The van der Waals surface area contributed by atoms with Gasteiger partial charge in [-0.1, -0.05) is 212 Å². The van der Waals surface area contributed by atoms with Crippen molar-refractivity contribution < 1.29 is 4.57 Å². The molecule has 0 atom stereocenters. The summed E-state index contributed by atoms with van der Waals surface area (Å²) in [5.41, 5.74) is 13.4. The molecule has 0 saturated carbocycles. The molecule has 9 aromatic carbocycles. The van der Waals surface area contributed by atoms with Gasteiger partial charge in [0.2, 0.25) is 0 Å². The van der Waals surface area contributed by atoms with Gasteiger partial charge < -0.3 is 9.55 Å². The first-order chi connectivity index (χ1) is 28.7. The van der Waals surface area contributed by atoms with E-state index in [2.05, 4.69) is 169 Å². The van der Waals surface area contributed by atoms with Crippen LogP contribution in [-0.4, -0.2) is 4.98 Å². The Bertz CT molecular complexity index is 3100. The first-order valence-electron chi connectivity index (χ1n) is 19.9. The summed E-state index contributed by atoms with van der Waals surface area (Å²) >= 11 is 0. The highest BCUT2D eigenvalue weighted by molar-refractivity contribution is 7.85. The van der Waals surface area contributed by atoms with Gasteiger partial charge in [-0.15, -0.1) is 0 Å². The highest BCUT2D eigenvalue weighted by atomic mass is 31.2. The first kappa shape index (κ1) is 34.3. The van der Waals surface area contributed by atoms with E-state index < -0.39 is 12.6 Å². The number of nitrogens with one attached hydrogen (secondary N) is 1. The quantitative estimate of drug-likeness (QED) is 0.161. The second-order valence-corrected chi connectivity index (χ2v) is 18.0. The summed E-state index contributed by atoms with van der Waals surface area (Å²) < 4.78 is 15.6. The van der Waals surface area contributed by atoms with E-state index in [1.807, 2.05) is 60.7 Å². The fourth-order valence-electron chi connectivity index (χ4n) is 9.64. The predicted octanol–water partition coefficient (Wildman–Crippen LogP) is 12.7. The molecule has 0 spiro atoms. The molecule has 1 aromatic heterocycles. The molecule has 3 heteroatoms. The molecule has 0 fully saturated rings. The van der Waals surface area contributed by atoms with Crippen LogP contribution in [0.4, 0.5) is 0 Å². The van der Waals surface area contributed by atoms with Crippen molar-refractivity contribution in [3.63, 3.8) is 0 Å². The molecule has 1 heterocycles. The third-order valence-corrected chi connectivity index (χ3v) is 15.3. The molecular weight excluding hydrogens is 722 g/mol. The zero-order valence-corrected chi connectivity index (χ0v) is 32.6. The largest absolute Gasteiger partial charge is 0.354 e. The van der Waals surface area contributed by atoms with Gasteiger partial charge in [0.05, 0.1) is 10.9 Å². The molecule has 0 unspecified atom stereocenters. The van der Waals surface area contributed by atoms with Gasteiger partial charge in [0.1, 0.15) is 0 Å². The van der Waals surface area contributed by atoms with Crippen LogP contribution in [-0.2, 0) is 9.98 Å². The van der Waals surface area contributed by atoms with Crippen LogP contribution in [0.1, 0.15) is 22.3 Å². The van der Waals surface area contributed by atoms with E-state index in [4.69, 9.17) is 0 Å². The smallest absolute Gasteiger partial charge is 0.171 e. The van der Waals surface area contributed by atoms with E-state index in [9.17, 15) is 0 Å². The van der Waals surface area contributed by atoms with Crippen molar-refractivity contribution in [1.82, 2.24) is 4.98 Å². The minimum atomic E-state index is -3.20. The lowest BCUT2D eigenvalue weighted by molar-refractivity contribution is 0.592. The minimum absolute atomic E-state index is 0.704. The molecule has 2 nitrogen and oxygen atoms in total. The van der Waals surface area contributed by atoms with Gasteiger partial charge in [0, 0.05) is 37.8 Å². The summed E-state index contributed by atoms with van der Waals surface area (Å²) in [6.07, 6.45) is 0. The Balaban J connectivity index is 1.21. The summed E-state index contributed by atoms with van der Waals surface area (Å²) in [4.78, 5) is 3.77. The lowest BCUT2D eigenvalue weighted by Gasteiger charge is -2.36. The third-order valence-electron chi connectivity index (χ3n) is 12.2. The van der Waals surface area contributed by atoms with Gasteiger partial charge in [0.15, 0.2) is 7.14 Å². The van der Waals surface area contributed by atoms with Crippen molar-refractivity contribution in [2.75, 3.05) is 0 Å². The van der Waals surface area contributed by atoms with Gasteiger partial charge >= 0.3 is 0 Å². The number of aromatic nitrogens is 1. The van der Waals surface area contributed by atoms with Crippen molar-refractivity contribution >= 4 is 44.9 Å². The van der Waals surface area contributed by atoms with E-state index in [0.717, 1.165) is 49.2 Å². The second kappa shape index (κ2) is 13.6. The van der Waals surface area contributed by atoms with Crippen molar-refractivity contribution in [2.45, 2.75) is 5.41 Å². The Morgan fingerprint density at radius 1 is 0.362 bits per heavy atom. The Hall–Kier alpha value is -6.99. The molecule has 0 amide bonds. The Labute approximate surface area is 338 Å². The summed E-state index contributed by atoms with van der Waals surface area (Å²) in [6.45, 7) is 0. The second-order valence-electron chi connectivity index (χ2n) is 15.2. The molecule has 1 aliphatic rings. The lowest BCUT2D eigenvalue weighted by Crippen LogP contribution is -2.30. The Kier molecular flexibility index (Phi) is 8.03. The van der Waals surface area contributed by atoms with Crippen LogP contribution in [0.5, 0.6) is 0 Å². The van der Waals surface area contributed by atoms with E-state index in [0.29, 0.717) is 0 Å². The van der Waals surface area contributed by atoms with E-state index >= 15 is 4.57 Å². The average molecular weight is 760 g/mol. The maximum Gasteiger partial charge on any atom is 0.171 e. The average Bonchev–Trinajstić information content (AvgIpc) is 3.84. The number of hydrogen-bond donors (Lipinski definition) is 1. The van der Waals surface area contributed by atoms with E-state index in [1.165, 1.54) is 44.2 Å². The normalized spacial score (nSPS) is 13.0. The summed E-state index contributed by atoms with van der Waals surface area (Å²) in [6, 6.07) is 79.4. The summed E-state index contributed by atoms with van der Waals surface area (Å²) in [5.74, 6) is 0. The third kappa shape index (κ3) is 5.09. The van der Waals surface area contributed by atoms with Crippen LogP contribution in [0.15, 0.2) is 224 Å². The molecule has 1 N–H and O–H groups in total. The number of rotatable bonds is 7. The van der Waals surface area contributed by atoms with Crippen LogP contribution in [0.3, 0.4) is 0 Å². The number of H-pyrrole nitrogens is 1. The highest BCUT2D eigenvalue weighted by Crippen LogP contribution is 2.58. The van der Waals surface area contributed by atoms with Gasteiger partial charge in [-0.3, -0.25) is 0 Å². The monoisotopic (exact) mass is 759 g/mol. The minimum Gasteiger partial charge on any atom is -0.354 e. The Morgan fingerprint density at radius 3 is 1.53 bits per heavy atom. The molecule has 1 aliphatic carbocycles. The zero-order chi connectivity index (χ0) is 38.7. The van der Waals surface area contributed by atoms with Crippen molar-refractivity contribution in [3.8, 4) is 33.4 Å². The molecule has 10 aromatic rings. The van der Waals surface area contributed by atoms with Crippen LogP contribution in [0.25, 0.3) is 55.2 Å². The molecular formula is C55H38NOP. The maximum atomic E-state index is 15.6. The standard InChI is InChI=1S/C55H38NOP/c57-58(41-19-6-2-7-20-41,42-21-8-3-9-22-42)43-34-32-40(33-35-43)55(50-28-13-10-23-46(50)47-24-11-14-29-51(47)55)52-37-39(31-36-44(52)38-17-4-1-5-18-38)45-26-16-27-49-48-25-12-15-30-53(48)56-54(45)49/h1-37,56H. The molecule has 0 bridgehead atoms. The summed E-state index contributed by atoms with van der Waals surface area (Å²) in [5, 5.41) is 4.89. The first-order valence-corrected chi connectivity index (χ1v) is 21.6. The fourth-order valence-corrected chi connectivity index (χ4v) is 12.3. The number of hydrogen-bond acceptors (Lipinski definition) is 1. The summed E-state index contributed by atoms with van der Waals surface area (Å²) in [7, 11) is -3.20. The number of para-hydroxylation sites is 2. The maximum absolute atomic E-state index is 15.6. The van der Waals surface area contributed by atoms with Crippen molar-refractivity contribution in [3.05, 3.63) is 247 Å². The van der Waals surface area contributed by atoms with Crippen molar-refractivity contribution in [2.24, 2.45) is 0 Å². The van der Waals surface area contributed by atoms with Crippen LogP contribution >= 0.6 is 7.14 Å². The lowest BCUT2D eigenvalue weighted by atomic mass is 9.65.